The van der Waals surface area contributed by atoms with Gasteiger partial charge in [0.05, 0.1) is 22.0 Å². The van der Waals surface area contributed by atoms with E-state index in [4.69, 9.17) is 9.97 Å². The number of halogens is 7. The number of thiazole rings is 1. The van der Waals surface area contributed by atoms with E-state index in [-0.39, 0.29) is 17.7 Å². The predicted octanol–water partition coefficient (Wildman–Crippen LogP) is 7.76. The van der Waals surface area contributed by atoms with Gasteiger partial charge in [0.2, 0.25) is 12.3 Å². The Morgan fingerprint density at radius 1 is 0.935 bits per heavy atom. The van der Waals surface area contributed by atoms with Gasteiger partial charge in [-0.25, -0.2) is 13.8 Å². The molecule has 2 aliphatic carbocycles. The van der Waals surface area contributed by atoms with Gasteiger partial charge in [-0.05, 0) is 85.2 Å². The number of carbonyl (C=O) groups is 2. The summed E-state index contributed by atoms with van der Waals surface area (Å²) < 4.78 is 102. The highest BCUT2D eigenvalue weighted by atomic mass is 32.1. The molecule has 2 N–H and O–H groups in total. The van der Waals surface area contributed by atoms with E-state index in [1.54, 1.807) is 12.4 Å². The molecule has 2 aromatic carbocycles. The fourth-order valence-electron chi connectivity index (χ4n) is 8.75. The number of aryl methyl sites for hydroxylation is 1. The van der Waals surface area contributed by atoms with Crippen LogP contribution in [-0.4, -0.2) is 63.2 Å². The molecule has 0 spiro atoms. The average Bonchev–Trinajstić information content (AvgIpc) is 3.55. The van der Waals surface area contributed by atoms with Gasteiger partial charge >= 0.3 is 6.18 Å². The molecule has 6 aromatic rings. The van der Waals surface area contributed by atoms with Crippen LogP contribution in [0.4, 0.5) is 41.6 Å². The van der Waals surface area contributed by atoms with E-state index in [1.165, 1.54) is 11.3 Å². The van der Waals surface area contributed by atoms with E-state index in [9.17, 15) is 31.5 Å². The third-order valence-electron chi connectivity index (χ3n) is 11.8. The maximum Gasteiger partial charge on any atom is 0.435 e. The molecule has 0 bridgehead atoms. The number of rotatable bonds is 12. The molecule has 62 heavy (non-hydrogen) atoms. The lowest BCUT2D eigenvalue weighted by Crippen LogP contribution is -2.46. The first-order chi connectivity index (χ1) is 29.6. The molecular formula is C43H38F7N9O2S. The quantitative estimate of drug-likeness (QED) is 0.0947. The lowest BCUT2D eigenvalue weighted by molar-refractivity contribution is -0.142. The van der Waals surface area contributed by atoms with Crippen LogP contribution in [0.15, 0.2) is 67.0 Å². The molecule has 1 unspecified atom stereocenters. The zero-order chi connectivity index (χ0) is 43.6. The molecule has 322 valence electrons. The highest BCUT2D eigenvalue weighted by Gasteiger charge is 2.50. The second-order valence-electron chi connectivity index (χ2n) is 15.9. The van der Waals surface area contributed by atoms with E-state index in [2.05, 4.69) is 30.5 Å². The molecule has 9 rings (SSSR count). The molecular weight excluding hydrogens is 840 g/mol. The fraction of sp³-hybridized carbons (Fsp3) is 0.349. The normalized spacial score (nSPS) is 17.2. The molecule has 1 aliphatic heterocycles. The zero-order valence-corrected chi connectivity index (χ0v) is 33.9. The molecule has 19 heteroatoms. The average molecular weight is 878 g/mol. The summed E-state index contributed by atoms with van der Waals surface area (Å²) in [6.45, 7) is 3.61. The fourth-order valence-corrected chi connectivity index (χ4v) is 9.75. The van der Waals surface area contributed by atoms with Crippen LogP contribution in [0.5, 0.6) is 0 Å². The number of hydrogen-bond acceptors (Lipinski definition) is 9. The Morgan fingerprint density at radius 2 is 1.65 bits per heavy atom. The minimum absolute atomic E-state index is 0.111. The van der Waals surface area contributed by atoms with Crippen LogP contribution in [0.3, 0.4) is 0 Å². The monoisotopic (exact) mass is 877 g/mol. The Kier molecular flexibility index (Phi) is 10.4. The number of nitrogens with one attached hydrogen (secondary N) is 2. The second-order valence-corrected chi connectivity index (χ2v) is 16.9. The molecule has 2 amide bonds. The van der Waals surface area contributed by atoms with E-state index in [0.717, 1.165) is 41.8 Å². The van der Waals surface area contributed by atoms with Gasteiger partial charge in [0, 0.05) is 67.9 Å². The van der Waals surface area contributed by atoms with E-state index < -0.39 is 77.6 Å². The topological polar surface area (TPSA) is 121 Å². The highest BCUT2D eigenvalue weighted by Crippen LogP contribution is 2.48. The number of aromatic nitrogens is 5. The Balaban J connectivity index is 1.12. The first-order valence-corrected chi connectivity index (χ1v) is 20.8. The SMILES string of the molecule is Cc1cc(-c2cc3sc(N4CCN(c5ccncc5)CC4)nc3nc2C(Cc2cc(F)cc(F)c2)NC(=O)Cn2nc(C(F)(F)F)c3c2C(F)(F)CC3)ccc1C1(NC=O)CC1. The lowest BCUT2D eigenvalue weighted by Gasteiger charge is -2.35. The van der Waals surface area contributed by atoms with E-state index >= 15 is 8.78 Å². The van der Waals surface area contributed by atoms with Crippen molar-refractivity contribution in [2.45, 2.75) is 69.3 Å². The van der Waals surface area contributed by atoms with Crippen LogP contribution in [0, 0.1) is 18.6 Å². The molecule has 1 atom stereocenters. The summed E-state index contributed by atoms with van der Waals surface area (Å²) >= 11 is 1.41. The summed E-state index contributed by atoms with van der Waals surface area (Å²) in [5, 5.41) is 9.81. The van der Waals surface area contributed by atoms with Crippen LogP contribution >= 0.6 is 11.3 Å². The van der Waals surface area contributed by atoms with Crippen molar-refractivity contribution in [1.29, 1.82) is 0 Å². The van der Waals surface area contributed by atoms with Gasteiger partial charge in [-0.2, -0.15) is 32.0 Å². The van der Waals surface area contributed by atoms with Gasteiger partial charge in [0.1, 0.15) is 23.9 Å². The summed E-state index contributed by atoms with van der Waals surface area (Å²) in [6.07, 6.45) is -1.09. The summed E-state index contributed by atoms with van der Waals surface area (Å²) in [4.78, 5) is 43.9. The number of nitrogens with zero attached hydrogens (tertiary/aromatic N) is 7. The predicted molar refractivity (Wildman–Crippen MR) is 217 cm³/mol. The Labute approximate surface area is 354 Å². The minimum atomic E-state index is -5.04. The van der Waals surface area contributed by atoms with Crippen LogP contribution in [0.25, 0.3) is 21.5 Å². The molecule has 5 heterocycles. The standard InChI is InChI=1S/C43H38F7N9O2S/c1-24-16-26(2-3-32(24)41(8-9-41)52-23-60)31-21-34-39(55-40(62-34)58-14-12-57(13-15-58)29-5-10-51-11-6-29)54-36(31)33(19-25-17-27(44)20-28(45)18-25)53-35(61)22-59-38-30(4-7-42(38,46)47)37(56-59)43(48,49)50/h2-3,5-6,10-11,16-18,20-21,23,33H,4,7-9,12-15,19,22H2,1H3,(H,52,60)(H,53,61). The third kappa shape index (κ3) is 7.93. The summed E-state index contributed by atoms with van der Waals surface area (Å²) in [5.74, 6) is -6.43. The molecule has 3 aliphatic rings. The number of carbonyl (C=O) groups excluding carboxylic acids is 2. The summed E-state index contributed by atoms with van der Waals surface area (Å²) in [7, 11) is 0. The number of benzene rings is 2. The number of alkyl halides is 5. The van der Waals surface area contributed by atoms with Gasteiger partial charge in [0.15, 0.2) is 16.5 Å². The van der Waals surface area contributed by atoms with Gasteiger partial charge in [-0.1, -0.05) is 29.5 Å². The molecule has 0 radical (unpaired) electrons. The second kappa shape index (κ2) is 15.7. The van der Waals surface area contributed by atoms with Crippen molar-refractivity contribution >= 4 is 44.8 Å². The number of amides is 2. The van der Waals surface area contributed by atoms with Crippen LogP contribution in [0.2, 0.25) is 0 Å². The maximum absolute atomic E-state index is 15.1. The van der Waals surface area contributed by atoms with Gasteiger partial charge in [-0.15, -0.1) is 0 Å². The molecule has 1 saturated heterocycles. The minimum Gasteiger partial charge on any atom is -0.368 e. The third-order valence-corrected chi connectivity index (χ3v) is 12.8. The van der Waals surface area contributed by atoms with E-state index in [0.29, 0.717) is 69.9 Å². The number of fused-ring (bicyclic) bond motifs is 2. The van der Waals surface area contributed by atoms with Gasteiger partial charge in [-0.3, -0.25) is 19.3 Å². The van der Waals surface area contributed by atoms with Gasteiger partial charge in [0.25, 0.3) is 5.92 Å². The van der Waals surface area contributed by atoms with Crippen molar-refractivity contribution < 1.29 is 40.3 Å². The Bertz CT molecular complexity index is 2670. The number of piperazine rings is 1. The number of anilines is 2. The van der Waals surface area contributed by atoms with E-state index in [1.807, 2.05) is 43.3 Å². The van der Waals surface area contributed by atoms with Gasteiger partial charge < -0.3 is 20.4 Å². The zero-order valence-electron chi connectivity index (χ0n) is 33.1. The van der Waals surface area contributed by atoms with Crippen LogP contribution < -0.4 is 20.4 Å². The van der Waals surface area contributed by atoms with Crippen molar-refractivity contribution in [1.82, 2.24) is 35.4 Å². The van der Waals surface area contributed by atoms with Crippen molar-refractivity contribution in [3.05, 3.63) is 118 Å². The largest absolute Gasteiger partial charge is 0.435 e. The molecule has 1 saturated carbocycles. The number of pyridine rings is 2. The van der Waals surface area contributed by atoms with Crippen LogP contribution in [0.1, 0.15) is 64.6 Å². The van der Waals surface area contributed by atoms with Crippen molar-refractivity contribution in [3.8, 4) is 11.1 Å². The first-order valence-electron chi connectivity index (χ1n) is 19.9. The van der Waals surface area contributed by atoms with Crippen molar-refractivity contribution in [3.63, 3.8) is 0 Å². The lowest BCUT2D eigenvalue weighted by atomic mass is 9.91. The van der Waals surface area contributed by atoms with Crippen molar-refractivity contribution in [2.24, 2.45) is 0 Å². The van der Waals surface area contributed by atoms with Crippen molar-refractivity contribution in [2.75, 3.05) is 36.0 Å². The Morgan fingerprint density at radius 3 is 2.31 bits per heavy atom. The summed E-state index contributed by atoms with van der Waals surface area (Å²) in [6, 6.07) is 13.0. The first kappa shape index (κ1) is 41.3. The molecule has 2 fully saturated rings. The smallest absolute Gasteiger partial charge is 0.368 e. The molecule has 11 nitrogen and oxygen atoms in total. The maximum atomic E-state index is 15.1. The highest BCUT2D eigenvalue weighted by molar-refractivity contribution is 7.22. The molecule has 4 aromatic heterocycles. The summed E-state index contributed by atoms with van der Waals surface area (Å²) in [5.41, 5.74) is 0.964. The number of hydrogen-bond donors (Lipinski definition) is 2. The van der Waals surface area contributed by atoms with Crippen LogP contribution in [-0.2, 0) is 46.6 Å². The Hall–Kier alpha value is -6.11.